The average Bonchev–Trinajstić information content (AvgIpc) is 2.32. The van der Waals surface area contributed by atoms with E-state index in [1.54, 1.807) is 19.1 Å². The van der Waals surface area contributed by atoms with Crippen LogP contribution in [0.3, 0.4) is 0 Å². The van der Waals surface area contributed by atoms with E-state index in [1.165, 1.54) is 12.1 Å². The smallest absolute Gasteiger partial charge is 0.328 e. The zero-order chi connectivity index (χ0) is 14.4. The highest BCUT2D eigenvalue weighted by molar-refractivity contribution is 5.95. The van der Waals surface area contributed by atoms with E-state index in [1.807, 2.05) is 0 Å². The summed E-state index contributed by atoms with van der Waals surface area (Å²) in [6, 6.07) is 4.66. The number of halogens is 2. The summed E-state index contributed by atoms with van der Waals surface area (Å²) in [5.74, 6) is -1.72. The van der Waals surface area contributed by atoms with Gasteiger partial charge in [0.25, 0.3) is 12.3 Å². The molecule has 0 spiro atoms. The number of hydrogen-bond donors (Lipinski definition) is 2. The second-order valence-electron chi connectivity index (χ2n) is 3.91. The highest BCUT2D eigenvalue weighted by Crippen LogP contribution is 2.11. The Hall–Kier alpha value is -2.24. The summed E-state index contributed by atoms with van der Waals surface area (Å²) >= 11 is 0. The molecule has 0 aromatic heterocycles. The third-order valence-corrected chi connectivity index (χ3v) is 2.20. The monoisotopic (exact) mass is 269 g/mol. The van der Waals surface area contributed by atoms with E-state index in [9.17, 15) is 18.4 Å². The SMILES string of the molecule is Cc1cc(/C=C/C(=O)O)cc(C(=O)NCC(F)F)c1. The molecule has 19 heavy (non-hydrogen) atoms. The zero-order valence-corrected chi connectivity index (χ0v) is 10.2. The number of benzene rings is 1. The van der Waals surface area contributed by atoms with Crippen LogP contribution in [0.1, 0.15) is 21.5 Å². The third kappa shape index (κ3) is 5.29. The number of carbonyl (C=O) groups excluding carboxylic acids is 1. The number of aryl methyl sites for hydroxylation is 1. The Morgan fingerprint density at radius 3 is 2.63 bits per heavy atom. The molecule has 0 bridgehead atoms. The van der Waals surface area contributed by atoms with Gasteiger partial charge in [0.1, 0.15) is 0 Å². The van der Waals surface area contributed by atoms with Crippen LogP contribution in [-0.4, -0.2) is 30.0 Å². The zero-order valence-electron chi connectivity index (χ0n) is 10.2. The first-order chi connectivity index (χ1) is 8.88. The van der Waals surface area contributed by atoms with Crippen molar-refractivity contribution in [3.8, 4) is 0 Å². The molecule has 1 aromatic carbocycles. The fourth-order valence-corrected chi connectivity index (χ4v) is 1.48. The normalized spacial score (nSPS) is 10.9. The van der Waals surface area contributed by atoms with E-state index in [0.29, 0.717) is 5.56 Å². The number of amides is 1. The molecule has 0 atom stereocenters. The molecule has 0 heterocycles. The minimum Gasteiger partial charge on any atom is -0.478 e. The van der Waals surface area contributed by atoms with Gasteiger partial charge >= 0.3 is 5.97 Å². The Morgan fingerprint density at radius 2 is 2.05 bits per heavy atom. The lowest BCUT2D eigenvalue weighted by molar-refractivity contribution is -0.131. The van der Waals surface area contributed by atoms with Crippen molar-refractivity contribution >= 4 is 18.0 Å². The van der Waals surface area contributed by atoms with Gasteiger partial charge in [-0.3, -0.25) is 4.79 Å². The largest absolute Gasteiger partial charge is 0.478 e. The van der Waals surface area contributed by atoms with E-state index in [2.05, 4.69) is 5.32 Å². The molecule has 2 N–H and O–H groups in total. The Kier molecular flexibility index (Phi) is 5.17. The van der Waals surface area contributed by atoms with Crippen LogP contribution in [0.5, 0.6) is 0 Å². The minimum absolute atomic E-state index is 0.214. The quantitative estimate of drug-likeness (QED) is 0.804. The van der Waals surface area contributed by atoms with Crippen LogP contribution in [0.4, 0.5) is 8.78 Å². The molecule has 1 amide bonds. The molecule has 0 aliphatic carbocycles. The van der Waals surface area contributed by atoms with Gasteiger partial charge in [0.05, 0.1) is 6.54 Å². The van der Waals surface area contributed by atoms with E-state index < -0.39 is 24.8 Å². The molecule has 4 nitrogen and oxygen atoms in total. The Morgan fingerprint density at radius 1 is 1.37 bits per heavy atom. The minimum atomic E-state index is -2.61. The van der Waals surface area contributed by atoms with Gasteiger partial charge in [-0.2, -0.15) is 0 Å². The van der Waals surface area contributed by atoms with Gasteiger partial charge in [-0.1, -0.05) is 6.07 Å². The third-order valence-electron chi connectivity index (χ3n) is 2.20. The van der Waals surface area contributed by atoms with Crippen molar-refractivity contribution in [1.82, 2.24) is 5.32 Å². The first-order valence-electron chi connectivity index (χ1n) is 5.47. The van der Waals surface area contributed by atoms with Crippen molar-refractivity contribution in [1.29, 1.82) is 0 Å². The number of nitrogens with one attached hydrogen (secondary N) is 1. The van der Waals surface area contributed by atoms with Crippen LogP contribution in [0.2, 0.25) is 0 Å². The van der Waals surface area contributed by atoms with Crippen molar-refractivity contribution in [3.05, 3.63) is 41.0 Å². The fourth-order valence-electron chi connectivity index (χ4n) is 1.48. The Balaban J connectivity index is 2.90. The van der Waals surface area contributed by atoms with Crippen molar-refractivity contribution in [3.63, 3.8) is 0 Å². The first kappa shape index (κ1) is 14.8. The summed E-state index contributed by atoms with van der Waals surface area (Å²) in [7, 11) is 0. The van der Waals surface area contributed by atoms with Gasteiger partial charge in [0.15, 0.2) is 0 Å². The van der Waals surface area contributed by atoms with Crippen LogP contribution in [0, 0.1) is 6.92 Å². The maximum Gasteiger partial charge on any atom is 0.328 e. The summed E-state index contributed by atoms with van der Waals surface area (Å²) < 4.78 is 24.0. The van der Waals surface area contributed by atoms with Gasteiger partial charge in [-0.15, -0.1) is 0 Å². The maximum atomic E-state index is 12.0. The summed E-state index contributed by atoms with van der Waals surface area (Å²) in [6.07, 6.45) is -0.338. The molecule has 102 valence electrons. The van der Waals surface area contributed by atoms with Crippen molar-refractivity contribution in [2.45, 2.75) is 13.3 Å². The molecule has 0 saturated heterocycles. The summed E-state index contributed by atoms with van der Waals surface area (Å²) in [6.45, 7) is 1.01. The second kappa shape index (κ2) is 6.63. The molecule has 1 aromatic rings. The molecule has 0 radical (unpaired) electrons. The Labute approximate surface area is 108 Å². The maximum absolute atomic E-state index is 12.0. The van der Waals surface area contributed by atoms with E-state index in [-0.39, 0.29) is 5.56 Å². The number of carboxylic acids is 1. The number of hydrogen-bond acceptors (Lipinski definition) is 2. The topological polar surface area (TPSA) is 66.4 Å². The molecular weight excluding hydrogens is 256 g/mol. The molecule has 0 fully saturated rings. The lowest BCUT2D eigenvalue weighted by Gasteiger charge is -2.06. The van der Waals surface area contributed by atoms with E-state index >= 15 is 0 Å². The lowest BCUT2D eigenvalue weighted by Crippen LogP contribution is -2.28. The predicted molar refractivity (Wildman–Crippen MR) is 66.2 cm³/mol. The van der Waals surface area contributed by atoms with Gasteiger partial charge in [0, 0.05) is 11.6 Å². The second-order valence-corrected chi connectivity index (χ2v) is 3.91. The van der Waals surface area contributed by atoms with E-state index in [4.69, 9.17) is 5.11 Å². The van der Waals surface area contributed by atoms with Crippen molar-refractivity contribution in [2.24, 2.45) is 0 Å². The lowest BCUT2D eigenvalue weighted by atomic mass is 10.1. The van der Waals surface area contributed by atoms with Crippen molar-refractivity contribution < 1.29 is 23.5 Å². The Bertz CT molecular complexity index is 513. The van der Waals surface area contributed by atoms with Crippen molar-refractivity contribution in [2.75, 3.05) is 6.54 Å². The molecular formula is C13H13F2NO3. The molecule has 0 aliphatic rings. The van der Waals surface area contributed by atoms with Gasteiger partial charge in [-0.05, 0) is 36.3 Å². The highest BCUT2D eigenvalue weighted by atomic mass is 19.3. The van der Waals surface area contributed by atoms with Crippen LogP contribution in [0.15, 0.2) is 24.3 Å². The number of carbonyl (C=O) groups is 2. The number of rotatable bonds is 5. The van der Waals surface area contributed by atoms with Gasteiger partial charge in [-0.25, -0.2) is 13.6 Å². The van der Waals surface area contributed by atoms with Crippen LogP contribution in [-0.2, 0) is 4.79 Å². The van der Waals surface area contributed by atoms with Gasteiger partial charge in [0.2, 0.25) is 0 Å². The average molecular weight is 269 g/mol. The molecule has 0 unspecified atom stereocenters. The number of aliphatic carboxylic acids is 1. The first-order valence-corrected chi connectivity index (χ1v) is 5.47. The standard InChI is InChI=1S/C13H13F2NO3/c1-8-4-9(2-3-12(17)18)6-10(5-8)13(19)16-7-11(14)15/h2-6,11H,7H2,1H3,(H,16,19)(H,17,18)/b3-2+. The van der Waals surface area contributed by atoms with Crippen LogP contribution < -0.4 is 5.32 Å². The van der Waals surface area contributed by atoms with Gasteiger partial charge < -0.3 is 10.4 Å². The molecule has 0 aliphatic heterocycles. The molecule has 0 saturated carbocycles. The van der Waals surface area contributed by atoms with Crippen LogP contribution in [0.25, 0.3) is 6.08 Å². The fraction of sp³-hybridized carbons (Fsp3) is 0.231. The molecule has 6 heteroatoms. The summed E-state index contributed by atoms with van der Waals surface area (Å²) in [4.78, 5) is 22.0. The highest BCUT2D eigenvalue weighted by Gasteiger charge is 2.09. The predicted octanol–water partition coefficient (Wildman–Crippen LogP) is 2.09. The summed E-state index contributed by atoms with van der Waals surface area (Å²) in [5, 5.41) is 10.6. The number of carboxylic acid groups (broad SMARTS) is 1. The summed E-state index contributed by atoms with van der Waals surface area (Å²) in [5.41, 5.74) is 1.46. The molecule has 1 rings (SSSR count). The van der Waals surface area contributed by atoms with E-state index in [0.717, 1.165) is 11.6 Å². The van der Waals surface area contributed by atoms with Crippen LogP contribution >= 0.6 is 0 Å². The number of alkyl halides is 2.